The van der Waals surface area contributed by atoms with Gasteiger partial charge in [0.1, 0.15) is 17.8 Å². The first-order valence-electron chi connectivity index (χ1n) is 8.72. The van der Waals surface area contributed by atoms with Gasteiger partial charge in [0.25, 0.3) is 0 Å². The fourth-order valence-corrected chi connectivity index (χ4v) is 2.46. The molecule has 0 aliphatic rings. The predicted molar refractivity (Wildman–Crippen MR) is 101 cm³/mol. The first-order chi connectivity index (χ1) is 12.6. The van der Waals surface area contributed by atoms with Gasteiger partial charge in [-0.3, -0.25) is 4.79 Å². The Hall–Kier alpha value is -2.83. The minimum atomic E-state index is -0.601. The lowest BCUT2D eigenvalue weighted by Gasteiger charge is -2.19. The summed E-state index contributed by atoms with van der Waals surface area (Å²) in [5, 5.41) is 3.23. The maximum Gasteiger partial charge on any atom is 0.407 e. The Morgan fingerprint density at radius 3 is 2.56 bits per heavy atom. The summed E-state index contributed by atoms with van der Waals surface area (Å²) in [6, 6.07) is 5.09. The number of fused-ring (bicyclic) bond motifs is 1. The zero-order valence-electron chi connectivity index (χ0n) is 16.3. The van der Waals surface area contributed by atoms with E-state index in [0.717, 1.165) is 16.5 Å². The number of esters is 1. The monoisotopic (exact) mass is 375 g/mol. The molecule has 0 aliphatic carbocycles. The van der Waals surface area contributed by atoms with Crippen LogP contribution < -0.4 is 10.9 Å². The number of hydrogen-bond donors (Lipinski definition) is 1. The molecule has 0 saturated carbocycles. The Balaban J connectivity index is 1.95. The van der Waals surface area contributed by atoms with Crippen molar-refractivity contribution in [1.29, 1.82) is 0 Å². The standard InChI is InChI=1S/C20H25NO6/c1-12-6-7-15-14(10-17(23)26-18(15)13(12)2)11-25-16(22)8-9-21-19(24)27-20(3,4)5/h6-7,10H,8-9,11H2,1-5H3,(H,21,24). The number of alkyl carbamates (subject to hydrolysis) is 1. The van der Waals surface area contributed by atoms with Crippen LogP contribution in [-0.2, 0) is 20.9 Å². The van der Waals surface area contributed by atoms with Crippen molar-refractivity contribution in [2.24, 2.45) is 0 Å². The molecule has 2 rings (SSSR count). The van der Waals surface area contributed by atoms with E-state index in [9.17, 15) is 14.4 Å². The molecular formula is C20H25NO6. The van der Waals surface area contributed by atoms with E-state index < -0.39 is 23.3 Å². The molecule has 7 nitrogen and oxygen atoms in total. The summed E-state index contributed by atoms with van der Waals surface area (Å²) >= 11 is 0. The van der Waals surface area contributed by atoms with Gasteiger partial charge in [-0.15, -0.1) is 0 Å². The molecule has 0 atom stereocenters. The molecular weight excluding hydrogens is 350 g/mol. The third-order valence-corrected chi connectivity index (χ3v) is 3.90. The molecule has 1 amide bonds. The van der Waals surface area contributed by atoms with Crippen LogP contribution in [0.5, 0.6) is 0 Å². The molecule has 1 N–H and O–H groups in total. The van der Waals surface area contributed by atoms with Crippen molar-refractivity contribution < 1.29 is 23.5 Å². The van der Waals surface area contributed by atoms with Crippen LogP contribution >= 0.6 is 0 Å². The molecule has 0 fully saturated rings. The highest BCUT2D eigenvalue weighted by atomic mass is 16.6. The average Bonchev–Trinajstić information content (AvgIpc) is 2.54. The number of aryl methyl sites for hydroxylation is 2. The van der Waals surface area contributed by atoms with Crippen molar-refractivity contribution >= 4 is 23.0 Å². The highest BCUT2D eigenvalue weighted by molar-refractivity contribution is 5.84. The molecule has 0 aliphatic heterocycles. The summed E-state index contributed by atoms with van der Waals surface area (Å²) in [5.41, 5.74) is 1.87. The zero-order chi connectivity index (χ0) is 20.2. The quantitative estimate of drug-likeness (QED) is 0.636. The van der Waals surface area contributed by atoms with E-state index >= 15 is 0 Å². The molecule has 0 unspecified atom stereocenters. The lowest BCUT2D eigenvalue weighted by Crippen LogP contribution is -2.33. The van der Waals surface area contributed by atoms with E-state index in [-0.39, 0.29) is 19.6 Å². The minimum Gasteiger partial charge on any atom is -0.461 e. The van der Waals surface area contributed by atoms with Crippen LogP contribution in [0.25, 0.3) is 11.0 Å². The van der Waals surface area contributed by atoms with Gasteiger partial charge in [-0.1, -0.05) is 12.1 Å². The van der Waals surface area contributed by atoms with Crippen molar-refractivity contribution in [2.45, 2.75) is 53.2 Å². The van der Waals surface area contributed by atoms with Crippen LogP contribution in [0.15, 0.2) is 27.4 Å². The van der Waals surface area contributed by atoms with Crippen molar-refractivity contribution in [3.8, 4) is 0 Å². The van der Waals surface area contributed by atoms with E-state index in [1.807, 2.05) is 26.0 Å². The Labute approximate surface area is 157 Å². The second kappa shape index (κ2) is 8.24. The van der Waals surface area contributed by atoms with E-state index in [2.05, 4.69) is 5.32 Å². The van der Waals surface area contributed by atoms with Gasteiger partial charge >= 0.3 is 17.7 Å². The normalized spacial score (nSPS) is 11.3. The molecule has 2 aromatic rings. The zero-order valence-corrected chi connectivity index (χ0v) is 16.3. The first-order valence-corrected chi connectivity index (χ1v) is 8.72. The van der Waals surface area contributed by atoms with Crippen LogP contribution in [0, 0.1) is 13.8 Å². The average molecular weight is 375 g/mol. The predicted octanol–water partition coefficient (Wildman–Crippen LogP) is 3.37. The van der Waals surface area contributed by atoms with Crippen LogP contribution in [-0.4, -0.2) is 24.2 Å². The molecule has 7 heteroatoms. The summed E-state index contributed by atoms with van der Waals surface area (Å²) in [7, 11) is 0. The second-order valence-electron chi connectivity index (χ2n) is 7.31. The van der Waals surface area contributed by atoms with Gasteiger partial charge in [-0.25, -0.2) is 9.59 Å². The second-order valence-corrected chi connectivity index (χ2v) is 7.31. The highest BCUT2D eigenvalue weighted by Crippen LogP contribution is 2.23. The number of hydrogen-bond acceptors (Lipinski definition) is 6. The lowest BCUT2D eigenvalue weighted by molar-refractivity contribution is -0.144. The molecule has 0 saturated heterocycles. The largest absolute Gasteiger partial charge is 0.461 e. The fraction of sp³-hybridized carbons (Fsp3) is 0.450. The van der Waals surface area contributed by atoms with Crippen molar-refractivity contribution in [3.63, 3.8) is 0 Å². The van der Waals surface area contributed by atoms with E-state index in [1.54, 1.807) is 20.8 Å². The summed E-state index contributed by atoms with van der Waals surface area (Å²) < 4.78 is 15.6. The summed E-state index contributed by atoms with van der Waals surface area (Å²) in [5.74, 6) is -0.490. The smallest absolute Gasteiger partial charge is 0.407 e. The van der Waals surface area contributed by atoms with Gasteiger partial charge < -0.3 is 19.2 Å². The number of rotatable bonds is 5. The number of carbonyl (C=O) groups is 2. The van der Waals surface area contributed by atoms with Crippen molar-refractivity contribution in [2.75, 3.05) is 6.54 Å². The van der Waals surface area contributed by atoms with Crippen molar-refractivity contribution in [1.82, 2.24) is 5.32 Å². The summed E-state index contributed by atoms with van der Waals surface area (Å²) in [6.45, 7) is 9.12. The minimum absolute atomic E-state index is 0.00322. The van der Waals surface area contributed by atoms with Crippen LogP contribution in [0.2, 0.25) is 0 Å². The van der Waals surface area contributed by atoms with E-state index in [0.29, 0.717) is 11.1 Å². The summed E-state index contributed by atoms with van der Waals surface area (Å²) in [4.78, 5) is 35.2. The SMILES string of the molecule is Cc1ccc2c(COC(=O)CCNC(=O)OC(C)(C)C)cc(=O)oc2c1C. The first kappa shape index (κ1) is 20.5. The van der Waals surface area contributed by atoms with Gasteiger partial charge in [0.2, 0.25) is 0 Å². The van der Waals surface area contributed by atoms with Gasteiger partial charge in [0.05, 0.1) is 6.42 Å². The number of nitrogens with one attached hydrogen (secondary N) is 1. The van der Waals surface area contributed by atoms with Crippen LogP contribution in [0.1, 0.15) is 43.9 Å². The molecule has 146 valence electrons. The Bertz CT molecular complexity index is 907. The molecule has 1 aromatic carbocycles. The molecule has 1 aromatic heterocycles. The Morgan fingerprint density at radius 1 is 1.19 bits per heavy atom. The van der Waals surface area contributed by atoms with Gasteiger partial charge in [-0.2, -0.15) is 0 Å². The number of carbonyl (C=O) groups excluding carboxylic acids is 2. The van der Waals surface area contributed by atoms with E-state index in [1.165, 1.54) is 6.07 Å². The maximum absolute atomic E-state index is 11.9. The topological polar surface area (TPSA) is 94.8 Å². The molecule has 0 radical (unpaired) electrons. The maximum atomic E-state index is 11.9. The number of amides is 1. The number of benzene rings is 1. The Kier molecular flexibility index (Phi) is 6.25. The van der Waals surface area contributed by atoms with Gasteiger partial charge in [0, 0.05) is 23.6 Å². The third kappa shape index (κ3) is 5.84. The molecule has 1 heterocycles. The number of ether oxygens (including phenoxy) is 2. The molecule has 0 bridgehead atoms. The molecule has 0 spiro atoms. The summed E-state index contributed by atoms with van der Waals surface area (Å²) in [6.07, 6.45) is -0.593. The van der Waals surface area contributed by atoms with Crippen molar-refractivity contribution in [3.05, 3.63) is 45.3 Å². The van der Waals surface area contributed by atoms with Crippen LogP contribution in [0.3, 0.4) is 0 Å². The highest BCUT2D eigenvalue weighted by Gasteiger charge is 2.16. The fourth-order valence-electron chi connectivity index (χ4n) is 2.46. The van der Waals surface area contributed by atoms with Gasteiger partial charge in [0.15, 0.2) is 0 Å². The third-order valence-electron chi connectivity index (χ3n) is 3.90. The van der Waals surface area contributed by atoms with Crippen LogP contribution in [0.4, 0.5) is 4.79 Å². The van der Waals surface area contributed by atoms with Gasteiger partial charge in [-0.05, 0) is 45.7 Å². The van der Waals surface area contributed by atoms with E-state index in [4.69, 9.17) is 13.9 Å². The molecule has 27 heavy (non-hydrogen) atoms. The Morgan fingerprint density at radius 2 is 1.89 bits per heavy atom. The lowest BCUT2D eigenvalue weighted by atomic mass is 10.0.